The average molecular weight is 310 g/mol. The maximum Gasteiger partial charge on any atom is 0.143 e. The van der Waals surface area contributed by atoms with E-state index in [1.807, 2.05) is 43.5 Å². The van der Waals surface area contributed by atoms with Crippen LogP contribution in [0.3, 0.4) is 0 Å². The van der Waals surface area contributed by atoms with E-state index < -0.39 is 0 Å². The van der Waals surface area contributed by atoms with Gasteiger partial charge in [-0.2, -0.15) is 0 Å². The lowest BCUT2D eigenvalue weighted by atomic mass is 10.3. The zero-order valence-electron chi connectivity index (χ0n) is 8.37. The number of hydrogen-bond donors (Lipinski definition) is 1. The van der Waals surface area contributed by atoms with Crippen molar-refractivity contribution in [3.63, 3.8) is 0 Å². The molecule has 0 bridgehead atoms. The molecule has 76 valence electrons. The summed E-state index contributed by atoms with van der Waals surface area (Å²) in [6, 6.07) is 12.2. The van der Waals surface area contributed by atoms with Crippen LogP contribution in [0, 0.1) is 10.5 Å². The lowest BCUT2D eigenvalue weighted by Crippen LogP contribution is -1.96. The number of aryl methyl sites for hydroxylation is 1. The number of pyridine rings is 1. The molecule has 0 unspecified atom stereocenters. The summed E-state index contributed by atoms with van der Waals surface area (Å²) >= 11 is 2.29. The molecular formula is C12H11IN2. The molecule has 0 amide bonds. The lowest BCUT2D eigenvalue weighted by molar-refractivity contribution is 1.24. The standard InChI is InChI=1S/C12H11IN2/c1-9-7-11(13)12(14-8-9)15-10-5-3-2-4-6-10/h2-8H,1H3,(H,14,15). The smallest absolute Gasteiger partial charge is 0.143 e. The maximum absolute atomic E-state index is 4.35. The third kappa shape index (κ3) is 2.68. The minimum atomic E-state index is 0.910. The molecule has 2 rings (SSSR count). The Bertz CT molecular complexity index is 454. The summed E-state index contributed by atoms with van der Waals surface area (Å²) in [4.78, 5) is 4.35. The number of aromatic nitrogens is 1. The summed E-state index contributed by atoms with van der Waals surface area (Å²) < 4.78 is 1.14. The fraction of sp³-hybridized carbons (Fsp3) is 0.0833. The van der Waals surface area contributed by atoms with Crippen molar-refractivity contribution >= 4 is 34.1 Å². The van der Waals surface area contributed by atoms with Crippen molar-refractivity contribution in [3.05, 3.63) is 51.7 Å². The number of anilines is 2. The molecule has 0 aliphatic heterocycles. The summed E-state index contributed by atoms with van der Waals surface area (Å²) in [5.74, 6) is 0.910. The molecule has 0 saturated heterocycles. The molecule has 15 heavy (non-hydrogen) atoms. The molecule has 0 atom stereocenters. The van der Waals surface area contributed by atoms with Gasteiger partial charge in [0.2, 0.25) is 0 Å². The van der Waals surface area contributed by atoms with Crippen LogP contribution in [0.4, 0.5) is 11.5 Å². The average Bonchev–Trinajstić information content (AvgIpc) is 2.24. The van der Waals surface area contributed by atoms with Crippen molar-refractivity contribution < 1.29 is 0 Å². The zero-order chi connectivity index (χ0) is 10.7. The van der Waals surface area contributed by atoms with E-state index >= 15 is 0 Å². The number of nitrogens with one attached hydrogen (secondary N) is 1. The van der Waals surface area contributed by atoms with Gasteiger partial charge >= 0.3 is 0 Å². The first-order valence-electron chi connectivity index (χ1n) is 4.70. The second-order valence-corrected chi connectivity index (χ2v) is 4.50. The van der Waals surface area contributed by atoms with Crippen LogP contribution < -0.4 is 5.32 Å². The van der Waals surface area contributed by atoms with Crippen LogP contribution in [-0.4, -0.2) is 4.98 Å². The third-order valence-electron chi connectivity index (χ3n) is 2.01. The molecular weight excluding hydrogens is 299 g/mol. The minimum Gasteiger partial charge on any atom is -0.339 e. The lowest BCUT2D eigenvalue weighted by Gasteiger charge is -2.07. The van der Waals surface area contributed by atoms with E-state index in [0.717, 1.165) is 15.1 Å². The molecule has 0 aliphatic carbocycles. The normalized spacial score (nSPS) is 10.0. The summed E-state index contributed by atoms with van der Waals surface area (Å²) in [7, 11) is 0. The number of para-hydroxylation sites is 1. The van der Waals surface area contributed by atoms with E-state index in [0.29, 0.717) is 0 Å². The Morgan fingerprint density at radius 1 is 1.20 bits per heavy atom. The van der Waals surface area contributed by atoms with Gasteiger partial charge in [-0.25, -0.2) is 4.98 Å². The van der Waals surface area contributed by atoms with Crippen molar-refractivity contribution in [3.8, 4) is 0 Å². The highest BCUT2D eigenvalue weighted by Gasteiger charge is 2.01. The van der Waals surface area contributed by atoms with Crippen LogP contribution in [0.2, 0.25) is 0 Å². The highest BCUT2D eigenvalue weighted by molar-refractivity contribution is 14.1. The highest BCUT2D eigenvalue weighted by Crippen LogP contribution is 2.20. The van der Waals surface area contributed by atoms with Crippen LogP contribution in [0.5, 0.6) is 0 Å². The van der Waals surface area contributed by atoms with E-state index in [1.165, 1.54) is 5.56 Å². The maximum atomic E-state index is 4.35. The molecule has 3 heteroatoms. The molecule has 0 radical (unpaired) electrons. The van der Waals surface area contributed by atoms with Gasteiger partial charge in [0, 0.05) is 11.9 Å². The molecule has 2 nitrogen and oxygen atoms in total. The fourth-order valence-electron chi connectivity index (χ4n) is 1.28. The van der Waals surface area contributed by atoms with Crippen LogP contribution >= 0.6 is 22.6 Å². The molecule has 0 aliphatic rings. The number of nitrogens with zero attached hydrogens (tertiary/aromatic N) is 1. The van der Waals surface area contributed by atoms with Crippen molar-refractivity contribution in [1.82, 2.24) is 4.98 Å². The molecule has 1 heterocycles. The van der Waals surface area contributed by atoms with Gasteiger partial charge in [-0.1, -0.05) is 18.2 Å². The second kappa shape index (κ2) is 4.61. The van der Waals surface area contributed by atoms with E-state index in [4.69, 9.17) is 0 Å². The Morgan fingerprint density at radius 2 is 1.93 bits per heavy atom. The predicted octanol–water partition coefficient (Wildman–Crippen LogP) is 3.74. The van der Waals surface area contributed by atoms with Crippen LogP contribution in [0.15, 0.2) is 42.6 Å². The van der Waals surface area contributed by atoms with Gasteiger partial charge in [-0.05, 0) is 53.3 Å². The van der Waals surface area contributed by atoms with Gasteiger partial charge in [0.25, 0.3) is 0 Å². The van der Waals surface area contributed by atoms with Gasteiger partial charge in [0.1, 0.15) is 5.82 Å². The number of halogens is 1. The first kappa shape index (κ1) is 10.4. The van der Waals surface area contributed by atoms with Crippen LogP contribution in [-0.2, 0) is 0 Å². The summed E-state index contributed by atoms with van der Waals surface area (Å²) in [6.07, 6.45) is 1.87. The van der Waals surface area contributed by atoms with E-state index in [1.54, 1.807) is 0 Å². The quantitative estimate of drug-likeness (QED) is 0.855. The fourth-order valence-corrected chi connectivity index (χ4v) is 2.05. The number of rotatable bonds is 2. The first-order chi connectivity index (χ1) is 7.25. The summed E-state index contributed by atoms with van der Waals surface area (Å²) in [5, 5.41) is 3.28. The van der Waals surface area contributed by atoms with Gasteiger partial charge in [0.05, 0.1) is 3.57 Å². The molecule has 0 spiro atoms. The number of benzene rings is 1. The summed E-state index contributed by atoms with van der Waals surface area (Å²) in [6.45, 7) is 2.04. The predicted molar refractivity (Wildman–Crippen MR) is 71.4 cm³/mol. The van der Waals surface area contributed by atoms with Crippen molar-refractivity contribution in [1.29, 1.82) is 0 Å². The molecule has 1 aromatic heterocycles. The van der Waals surface area contributed by atoms with E-state index in [-0.39, 0.29) is 0 Å². The number of hydrogen-bond acceptors (Lipinski definition) is 2. The van der Waals surface area contributed by atoms with Gasteiger partial charge in [0.15, 0.2) is 0 Å². The Labute approximate surface area is 103 Å². The zero-order valence-corrected chi connectivity index (χ0v) is 10.5. The highest BCUT2D eigenvalue weighted by atomic mass is 127. The summed E-state index contributed by atoms with van der Waals surface area (Å²) in [5.41, 5.74) is 2.24. The van der Waals surface area contributed by atoms with E-state index in [2.05, 4.69) is 39.0 Å². The molecule has 0 fully saturated rings. The van der Waals surface area contributed by atoms with Crippen molar-refractivity contribution in [2.75, 3.05) is 5.32 Å². The molecule has 0 saturated carbocycles. The van der Waals surface area contributed by atoms with Crippen molar-refractivity contribution in [2.45, 2.75) is 6.92 Å². The topological polar surface area (TPSA) is 24.9 Å². The Hall–Kier alpha value is -1.10. The molecule has 1 N–H and O–H groups in total. The SMILES string of the molecule is Cc1cnc(Nc2ccccc2)c(I)c1. The van der Waals surface area contributed by atoms with Gasteiger partial charge in [-0.15, -0.1) is 0 Å². The second-order valence-electron chi connectivity index (χ2n) is 3.33. The van der Waals surface area contributed by atoms with Crippen molar-refractivity contribution in [2.24, 2.45) is 0 Å². The minimum absolute atomic E-state index is 0.910. The monoisotopic (exact) mass is 310 g/mol. The van der Waals surface area contributed by atoms with E-state index in [9.17, 15) is 0 Å². The third-order valence-corrected chi connectivity index (χ3v) is 2.84. The van der Waals surface area contributed by atoms with Gasteiger partial charge in [-0.3, -0.25) is 0 Å². The Morgan fingerprint density at radius 3 is 2.60 bits per heavy atom. The van der Waals surface area contributed by atoms with Crippen LogP contribution in [0.25, 0.3) is 0 Å². The van der Waals surface area contributed by atoms with Crippen LogP contribution in [0.1, 0.15) is 5.56 Å². The Kier molecular flexibility index (Phi) is 3.20. The largest absolute Gasteiger partial charge is 0.339 e. The Balaban J connectivity index is 2.25. The molecule has 1 aromatic carbocycles. The first-order valence-corrected chi connectivity index (χ1v) is 5.78. The molecule has 2 aromatic rings. The van der Waals surface area contributed by atoms with Gasteiger partial charge < -0.3 is 5.32 Å².